The Kier molecular flexibility index (Phi) is 6.09. The Morgan fingerprint density at radius 1 is 1.16 bits per heavy atom. The second-order valence-electron chi connectivity index (χ2n) is 5.60. The van der Waals surface area contributed by atoms with Crippen LogP contribution in [0.15, 0.2) is 48.5 Å². The summed E-state index contributed by atoms with van der Waals surface area (Å²) in [5, 5.41) is 15.2. The van der Waals surface area contributed by atoms with Crippen LogP contribution < -0.4 is 10.6 Å². The molecule has 0 saturated heterocycles. The quantitative estimate of drug-likeness (QED) is 0.747. The zero-order valence-corrected chi connectivity index (χ0v) is 13.6. The van der Waals surface area contributed by atoms with Gasteiger partial charge in [0.15, 0.2) is 0 Å². The molecule has 2 amide bonds. The first-order valence-electron chi connectivity index (χ1n) is 7.62. The van der Waals surface area contributed by atoms with Gasteiger partial charge in [-0.05, 0) is 25.1 Å². The zero-order chi connectivity index (χ0) is 18.3. The Balaban J connectivity index is 1.83. The van der Waals surface area contributed by atoms with Gasteiger partial charge in [-0.3, -0.25) is 0 Å². The van der Waals surface area contributed by atoms with Gasteiger partial charge in [-0.2, -0.15) is 0 Å². The van der Waals surface area contributed by atoms with E-state index in [1.165, 1.54) is 6.92 Å². The van der Waals surface area contributed by atoms with Crippen LogP contribution in [0.5, 0.6) is 0 Å². The van der Waals surface area contributed by atoms with Crippen molar-refractivity contribution >= 4 is 6.03 Å². The Bertz CT molecular complexity index is 796. The molecule has 2 aromatic rings. The lowest BCUT2D eigenvalue weighted by molar-refractivity contribution is 0.0556. The highest BCUT2D eigenvalue weighted by atomic mass is 19.1. The molecular formula is C19H18F2N2O2. The topological polar surface area (TPSA) is 61.4 Å². The van der Waals surface area contributed by atoms with E-state index in [9.17, 15) is 18.7 Å². The SMILES string of the molecule is C[C@@](O)(CNC(=O)NCC#Cc1ccccc1)c1ccc(F)cc1F. The summed E-state index contributed by atoms with van der Waals surface area (Å²) in [6.45, 7) is 1.21. The Labute approximate surface area is 144 Å². The van der Waals surface area contributed by atoms with Crippen LogP contribution in [0.1, 0.15) is 18.1 Å². The molecule has 0 aliphatic carbocycles. The van der Waals surface area contributed by atoms with E-state index in [1.54, 1.807) is 0 Å². The Hall–Kier alpha value is -2.91. The molecule has 0 radical (unpaired) electrons. The van der Waals surface area contributed by atoms with Crippen LogP contribution in [0.4, 0.5) is 13.6 Å². The summed E-state index contributed by atoms with van der Waals surface area (Å²) in [4.78, 5) is 11.7. The van der Waals surface area contributed by atoms with E-state index in [2.05, 4.69) is 22.5 Å². The van der Waals surface area contributed by atoms with Crippen LogP contribution >= 0.6 is 0 Å². The van der Waals surface area contributed by atoms with Crippen molar-refractivity contribution in [1.29, 1.82) is 0 Å². The van der Waals surface area contributed by atoms with Crippen LogP contribution in [0.2, 0.25) is 0 Å². The molecule has 25 heavy (non-hydrogen) atoms. The third-order valence-corrected chi connectivity index (χ3v) is 3.45. The number of benzene rings is 2. The third kappa shape index (κ3) is 5.59. The number of hydrogen-bond acceptors (Lipinski definition) is 2. The van der Waals surface area contributed by atoms with Crippen molar-refractivity contribution in [3.63, 3.8) is 0 Å². The fourth-order valence-corrected chi connectivity index (χ4v) is 2.13. The van der Waals surface area contributed by atoms with Gasteiger partial charge in [0.05, 0.1) is 13.1 Å². The largest absolute Gasteiger partial charge is 0.383 e. The highest BCUT2D eigenvalue weighted by Crippen LogP contribution is 2.23. The maximum absolute atomic E-state index is 13.7. The summed E-state index contributed by atoms with van der Waals surface area (Å²) in [5.74, 6) is 4.06. The summed E-state index contributed by atoms with van der Waals surface area (Å²) in [5.41, 5.74) is -0.942. The monoisotopic (exact) mass is 344 g/mol. The average molecular weight is 344 g/mol. The van der Waals surface area contributed by atoms with Crippen molar-refractivity contribution < 1.29 is 18.7 Å². The number of carbonyl (C=O) groups is 1. The minimum Gasteiger partial charge on any atom is -0.383 e. The highest BCUT2D eigenvalue weighted by Gasteiger charge is 2.27. The first-order chi connectivity index (χ1) is 11.9. The van der Waals surface area contributed by atoms with E-state index in [4.69, 9.17) is 0 Å². The molecule has 2 rings (SSSR count). The van der Waals surface area contributed by atoms with Crippen molar-refractivity contribution in [1.82, 2.24) is 10.6 Å². The predicted octanol–water partition coefficient (Wildman–Crippen LogP) is 2.52. The second kappa shape index (κ2) is 8.27. The van der Waals surface area contributed by atoms with Gasteiger partial charge in [0.2, 0.25) is 0 Å². The van der Waals surface area contributed by atoms with Crippen molar-refractivity contribution in [3.05, 3.63) is 71.3 Å². The number of halogens is 2. The van der Waals surface area contributed by atoms with E-state index in [0.717, 1.165) is 17.7 Å². The molecule has 6 heteroatoms. The molecule has 2 aromatic carbocycles. The van der Waals surface area contributed by atoms with Crippen molar-refractivity contribution in [2.75, 3.05) is 13.1 Å². The number of urea groups is 1. The van der Waals surface area contributed by atoms with Gasteiger partial charge < -0.3 is 15.7 Å². The zero-order valence-electron chi connectivity index (χ0n) is 13.6. The van der Waals surface area contributed by atoms with Crippen molar-refractivity contribution in [3.8, 4) is 11.8 Å². The molecule has 0 saturated carbocycles. The molecule has 0 bridgehead atoms. The van der Waals surface area contributed by atoms with E-state index >= 15 is 0 Å². The van der Waals surface area contributed by atoms with E-state index < -0.39 is 23.3 Å². The molecule has 0 unspecified atom stereocenters. The summed E-state index contributed by atoms with van der Waals surface area (Å²) < 4.78 is 26.7. The number of rotatable bonds is 4. The normalized spacial score (nSPS) is 12.5. The molecule has 130 valence electrons. The number of amides is 2. The van der Waals surface area contributed by atoms with E-state index in [0.29, 0.717) is 6.07 Å². The third-order valence-electron chi connectivity index (χ3n) is 3.45. The molecule has 0 aliphatic rings. The number of carbonyl (C=O) groups excluding carboxylic acids is 1. The number of aliphatic hydroxyl groups is 1. The molecule has 0 aromatic heterocycles. The summed E-state index contributed by atoms with van der Waals surface area (Å²) in [6, 6.07) is 11.6. The number of nitrogens with one attached hydrogen (secondary N) is 2. The maximum Gasteiger partial charge on any atom is 0.315 e. The van der Waals surface area contributed by atoms with Crippen LogP contribution in [-0.2, 0) is 5.60 Å². The standard InChI is InChI=1S/C19H18F2N2O2/c1-19(25,16-10-9-15(20)12-17(16)21)13-23-18(24)22-11-5-8-14-6-3-2-4-7-14/h2-4,6-7,9-10,12,25H,11,13H2,1H3,(H2,22,23,24)/t19-/m1/s1. The second-order valence-corrected chi connectivity index (χ2v) is 5.60. The van der Waals surface area contributed by atoms with Gasteiger partial charge in [-0.25, -0.2) is 13.6 Å². The maximum atomic E-state index is 13.7. The fraction of sp³-hybridized carbons (Fsp3) is 0.211. The molecule has 0 fully saturated rings. The smallest absolute Gasteiger partial charge is 0.315 e. The van der Waals surface area contributed by atoms with Crippen LogP contribution in [0, 0.1) is 23.5 Å². The van der Waals surface area contributed by atoms with Gasteiger partial charge in [-0.15, -0.1) is 0 Å². The Morgan fingerprint density at radius 3 is 2.56 bits per heavy atom. The summed E-state index contributed by atoms with van der Waals surface area (Å²) in [7, 11) is 0. The minimum atomic E-state index is -1.68. The first kappa shape index (κ1) is 18.4. The minimum absolute atomic E-state index is 0.0990. The van der Waals surface area contributed by atoms with Gasteiger partial charge in [0.25, 0.3) is 0 Å². The molecule has 4 nitrogen and oxygen atoms in total. The lowest BCUT2D eigenvalue weighted by Gasteiger charge is -2.24. The Morgan fingerprint density at radius 2 is 1.88 bits per heavy atom. The van der Waals surface area contributed by atoms with Gasteiger partial charge >= 0.3 is 6.03 Å². The highest BCUT2D eigenvalue weighted by molar-refractivity contribution is 5.74. The van der Waals surface area contributed by atoms with Gasteiger partial charge in [0, 0.05) is 17.2 Å². The molecule has 1 atom stereocenters. The average Bonchev–Trinajstić information content (AvgIpc) is 2.57. The van der Waals surface area contributed by atoms with Crippen molar-refractivity contribution in [2.45, 2.75) is 12.5 Å². The predicted molar refractivity (Wildman–Crippen MR) is 90.7 cm³/mol. The lowest BCUT2D eigenvalue weighted by atomic mass is 9.95. The first-order valence-corrected chi connectivity index (χ1v) is 7.62. The number of hydrogen-bond donors (Lipinski definition) is 3. The molecule has 0 aliphatic heterocycles. The van der Waals surface area contributed by atoms with Gasteiger partial charge in [0.1, 0.15) is 17.2 Å². The molecule has 3 N–H and O–H groups in total. The van der Waals surface area contributed by atoms with E-state index in [1.807, 2.05) is 30.3 Å². The van der Waals surface area contributed by atoms with Crippen LogP contribution in [0.25, 0.3) is 0 Å². The van der Waals surface area contributed by atoms with Crippen molar-refractivity contribution in [2.24, 2.45) is 0 Å². The summed E-state index contributed by atoms with van der Waals surface area (Å²) in [6.07, 6.45) is 0. The van der Waals surface area contributed by atoms with E-state index in [-0.39, 0.29) is 18.7 Å². The van der Waals surface area contributed by atoms with Gasteiger partial charge in [-0.1, -0.05) is 36.1 Å². The molecule has 0 spiro atoms. The fourth-order valence-electron chi connectivity index (χ4n) is 2.13. The van der Waals surface area contributed by atoms with Crippen LogP contribution in [0.3, 0.4) is 0 Å². The lowest BCUT2D eigenvalue weighted by Crippen LogP contribution is -2.43. The molecule has 0 heterocycles. The van der Waals surface area contributed by atoms with Crippen LogP contribution in [-0.4, -0.2) is 24.2 Å². The molecular weight excluding hydrogens is 326 g/mol. The summed E-state index contributed by atoms with van der Waals surface area (Å²) >= 11 is 0.